The zero-order valence-corrected chi connectivity index (χ0v) is 20.0. The number of para-hydroxylation sites is 2. The Balaban J connectivity index is 1.67. The number of likely N-dealkylation sites (N-methyl/N-ethyl adjacent to an activating group) is 1. The molecule has 0 bridgehead atoms. The van der Waals surface area contributed by atoms with Gasteiger partial charge in [-0.3, -0.25) is 19.3 Å². The number of ether oxygens (including phenoxy) is 1. The van der Waals surface area contributed by atoms with Gasteiger partial charge in [0.15, 0.2) is 5.43 Å². The highest BCUT2D eigenvalue weighted by Crippen LogP contribution is 2.21. The molecule has 1 saturated heterocycles. The lowest BCUT2D eigenvalue weighted by Gasteiger charge is -2.31. The second-order valence-electron chi connectivity index (χ2n) is 8.77. The van der Waals surface area contributed by atoms with Gasteiger partial charge in [-0.1, -0.05) is 31.2 Å². The van der Waals surface area contributed by atoms with Crippen molar-refractivity contribution in [3.63, 3.8) is 0 Å². The van der Waals surface area contributed by atoms with Gasteiger partial charge in [0.2, 0.25) is 5.91 Å². The smallest absolute Gasteiger partial charge is 0.307 e. The topological polar surface area (TPSA) is 71.8 Å². The van der Waals surface area contributed by atoms with Crippen LogP contribution in [0.3, 0.4) is 0 Å². The van der Waals surface area contributed by atoms with Gasteiger partial charge in [-0.15, -0.1) is 0 Å². The van der Waals surface area contributed by atoms with Crippen molar-refractivity contribution in [3.8, 4) is 0 Å². The molecule has 1 unspecified atom stereocenters. The maximum atomic E-state index is 13.7. The molecule has 0 spiro atoms. The predicted octanol–water partition coefficient (Wildman–Crippen LogP) is 3.42. The maximum Gasteiger partial charge on any atom is 0.307 e. The second-order valence-corrected chi connectivity index (χ2v) is 8.77. The Morgan fingerprint density at radius 3 is 2.29 bits per heavy atom. The van der Waals surface area contributed by atoms with Crippen LogP contribution in [0, 0.1) is 0 Å². The molecule has 1 aliphatic rings. The average molecular weight is 464 g/mol. The minimum atomic E-state index is -0.293. The van der Waals surface area contributed by atoms with Gasteiger partial charge in [-0.25, -0.2) is 0 Å². The second kappa shape index (κ2) is 10.8. The van der Waals surface area contributed by atoms with Gasteiger partial charge < -0.3 is 14.2 Å². The first-order valence-corrected chi connectivity index (χ1v) is 12.2. The molecule has 1 amide bonds. The van der Waals surface area contributed by atoms with Crippen LogP contribution < -0.4 is 5.43 Å². The summed E-state index contributed by atoms with van der Waals surface area (Å²) in [5.41, 5.74) is 1.44. The standard InChI is InChI=1S/C27H33N3O4/c1-3-28-16-9-10-20(28)18-29(17-15-26(32)34-4-2)25(31)19-30-23-13-7-5-11-21(23)27(33)22-12-6-8-14-24(22)30/h5-8,11-14,20H,3-4,9-10,15-19H2,1-2H3. The molecule has 2 heterocycles. The van der Waals surface area contributed by atoms with Gasteiger partial charge in [0.25, 0.3) is 0 Å². The van der Waals surface area contributed by atoms with Crippen molar-refractivity contribution in [2.24, 2.45) is 0 Å². The number of hydrogen-bond donors (Lipinski definition) is 0. The summed E-state index contributed by atoms with van der Waals surface area (Å²) in [7, 11) is 0. The van der Waals surface area contributed by atoms with Crippen LogP contribution in [0.15, 0.2) is 53.3 Å². The first-order valence-electron chi connectivity index (χ1n) is 12.2. The van der Waals surface area contributed by atoms with E-state index in [0.717, 1.165) is 37.0 Å². The number of fused-ring (bicyclic) bond motifs is 2. The number of carbonyl (C=O) groups excluding carboxylic acids is 2. The van der Waals surface area contributed by atoms with Crippen LogP contribution >= 0.6 is 0 Å². The largest absolute Gasteiger partial charge is 0.466 e. The molecule has 34 heavy (non-hydrogen) atoms. The van der Waals surface area contributed by atoms with Crippen LogP contribution in [-0.2, 0) is 20.9 Å². The Labute approximate surface area is 199 Å². The number of nitrogens with zero attached hydrogens (tertiary/aromatic N) is 3. The SMILES string of the molecule is CCOC(=O)CCN(CC1CCCN1CC)C(=O)Cn1c2ccccc2c(=O)c2ccccc21. The summed E-state index contributed by atoms with van der Waals surface area (Å²) in [6.07, 6.45) is 2.33. The monoisotopic (exact) mass is 463 g/mol. The Bertz CT molecular complexity index is 1180. The van der Waals surface area contributed by atoms with E-state index in [1.54, 1.807) is 24.0 Å². The molecule has 180 valence electrons. The third-order valence-corrected chi connectivity index (χ3v) is 6.75. The van der Waals surface area contributed by atoms with Crippen molar-refractivity contribution >= 4 is 33.7 Å². The van der Waals surface area contributed by atoms with Gasteiger partial charge in [-0.05, 0) is 57.1 Å². The Hall–Kier alpha value is -3.19. The summed E-state index contributed by atoms with van der Waals surface area (Å²) >= 11 is 0. The van der Waals surface area contributed by atoms with Crippen LogP contribution in [0.5, 0.6) is 0 Å². The minimum Gasteiger partial charge on any atom is -0.466 e. The number of amides is 1. The summed E-state index contributed by atoms with van der Waals surface area (Å²) < 4.78 is 7.03. The maximum absolute atomic E-state index is 13.7. The van der Waals surface area contributed by atoms with E-state index in [0.29, 0.717) is 36.5 Å². The third-order valence-electron chi connectivity index (χ3n) is 6.75. The van der Waals surface area contributed by atoms with Gasteiger partial charge in [0.05, 0.1) is 24.1 Å². The van der Waals surface area contributed by atoms with Crippen LogP contribution in [0.25, 0.3) is 21.8 Å². The number of hydrogen-bond acceptors (Lipinski definition) is 5. The predicted molar refractivity (Wildman–Crippen MR) is 134 cm³/mol. The summed E-state index contributed by atoms with van der Waals surface area (Å²) in [6, 6.07) is 15.1. The first kappa shape index (κ1) is 24.0. The summed E-state index contributed by atoms with van der Waals surface area (Å²) in [4.78, 5) is 43.0. The van der Waals surface area contributed by atoms with Gasteiger partial charge in [0, 0.05) is 29.9 Å². The van der Waals surface area contributed by atoms with Crippen molar-refractivity contribution in [1.29, 1.82) is 0 Å². The van der Waals surface area contributed by atoms with Crippen LogP contribution in [0.1, 0.15) is 33.1 Å². The molecule has 0 N–H and O–H groups in total. The number of pyridine rings is 1. The van der Waals surface area contributed by atoms with E-state index >= 15 is 0 Å². The molecular formula is C27H33N3O4. The van der Waals surface area contributed by atoms with E-state index in [-0.39, 0.29) is 30.3 Å². The quantitative estimate of drug-likeness (QED) is 0.359. The van der Waals surface area contributed by atoms with Crippen LogP contribution in [-0.4, -0.2) is 65.1 Å². The molecule has 7 nitrogen and oxygen atoms in total. The number of esters is 1. The molecule has 1 atom stereocenters. The van der Waals surface area contributed by atoms with E-state index in [4.69, 9.17) is 4.74 Å². The number of rotatable bonds is 9. The van der Waals surface area contributed by atoms with Gasteiger partial charge in [0.1, 0.15) is 6.54 Å². The Morgan fingerprint density at radius 2 is 1.68 bits per heavy atom. The van der Waals surface area contributed by atoms with Crippen molar-refractivity contribution in [1.82, 2.24) is 14.4 Å². The number of aromatic nitrogens is 1. The summed E-state index contributed by atoms with van der Waals surface area (Å²) in [6.45, 7) is 7.24. The number of benzene rings is 2. The minimum absolute atomic E-state index is 0.0291. The van der Waals surface area contributed by atoms with Crippen molar-refractivity contribution in [2.75, 3.05) is 32.8 Å². The lowest BCUT2D eigenvalue weighted by Crippen LogP contribution is -2.45. The Kier molecular flexibility index (Phi) is 7.63. The van der Waals surface area contributed by atoms with Crippen molar-refractivity contribution < 1.29 is 14.3 Å². The van der Waals surface area contributed by atoms with Gasteiger partial charge in [-0.2, -0.15) is 0 Å². The molecule has 1 fully saturated rings. The highest BCUT2D eigenvalue weighted by Gasteiger charge is 2.28. The zero-order valence-electron chi connectivity index (χ0n) is 20.0. The van der Waals surface area contributed by atoms with Gasteiger partial charge >= 0.3 is 5.97 Å². The lowest BCUT2D eigenvalue weighted by molar-refractivity contribution is -0.144. The highest BCUT2D eigenvalue weighted by atomic mass is 16.5. The summed E-state index contributed by atoms with van der Waals surface area (Å²) in [5.74, 6) is -0.357. The normalized spacial score (nSPS) is 16.2. The molecular weight excluding hydrogens is 430 g/mol. The molecule has 1 aromatic heterocycles. The fraction of sp³-hybridized carbons (Fsp3) is 0.444. The summed E-state index contributed by atoms with van der Waals surface area (Å²) in [5, 5.41) is 1.19. The van der Waals surface area contributed by atoms with E-state index in [2.05, 4.69) is 11.8 Å². The molecule has 3 aromatic rings. The molecule has 7 heteroatoms. The molecule has 0 radical (unpaired) electrons. The van der Waals surface area contributed by atoms with E-state index in [9.17, 15) is 14.4 Å². The van der Waals surface area contributed by atoms with E-state index in [1.807, 2.05) is 41.0 Å². The Morgan fingerprint density at radius 1 is 1.03 bits per heavy atom. The average Bonchev–Trinajstić information content (AvgIpc) is 3.31. The highest BCUT2D eigenvalue weighted by molar-refractivity contribution is 5.94. The fourth-order valence-corrected chi connectivity index (χ4v) is 5.03. The van der Waals surface area contributed by atoms with Crippen molar-refractivity contribution in [2.45, 2.75) is 45.7 Å². The first-order chi connectivity index (χ1) is 16.5. The zero-order chi connectivity index (χ0) is 24.1. The third kappa shape index (κ3) is 4.99. The fourth-order valence-electron chi connectivity index (χ4n) is 5.03. The molecule has 0 saturated carbocycles. The number of carbonyl (C=O) groups is 2. The molecule has 0 aliphatic carbocycles. The van der Waals surface area contributed by atoms with Crippen LogP contribution in [0.2, 0.25) is 0 Å². The molecule has 2 aromatic carbocycles. The molecule has 1 aliphatic heterocycles. The lowest BCUT2D eigenvalue weighted by atomic mass is 10.1. The van der Waals surface area contributed by atoms with Crippen molar-refractivity contribution in [3.05, 3.63) is 58.8 Å². The van der Waals surface area contributed by atoms with Crippen LogP contribution in [0.4, 0.5) is 0 Å². The number of likely N-dealkylation sites (tertiary alicyclic amines) is 1. The van der Waals surface area contributed by atoms with E-state index < -0.39 is 0 Å². The molecule has 4 rings (SSSR count). The van der Waals surface area contributed by atoms with E-state index in [1.165, 1.54) is 0 Å².